The van der Waals surface area contributed by atoms with Gasteiger partial charge in [-0.3, -0.25) is 10.1 Å². The number of aliphatic carboxylic acids is 1. The van der Waals surface area contributed by atoms with Crippen molar-refractivity contribution in [3.05, 3.63) is 35.0 Å². The Morgan fingerprint density at radius 3 is 2.85 bits per heavy atom. The molecule has 3 N–H and O–H groups in total. The molecule has 0 bridgehead atoms. The molecule has 2 aromatic rings. The molecule has 0 aliphatic carbocycles. The summed E-state index contributed by atoms with van der Waals surface area (Å²) < 4.78 is 0. The van der Waals surface area contributed by atoms with Gasteiger partial charge in [0.2, 0.25) is 0 Å². The number of nitrogens with one attached hydrogen (secondary N) is 2. The van der Waals surface area contributed by atoms with Crippen LogP contribution in [-0.4, -0.2) is 22.1 Å². The van der Waals surface area contributed by atoms with Crippen molar-refractivity contribution in [3.63, 3.8) is 0 Å². The molecule has 3 rings (SSSR count). The molecule has 20 heavy (non-hydrogen) atoms. The summed E-state index contributed by atoms with van der Waals surface area (Å²) in [4.78, 5) is 14.9. The number of para-hydroxylation sites is 1. The van der Waals surface area contributed by atoms with Crippen LogP contribution in [0.3, 0.4) is 0 Å². The second-order valence-corrected chi connectivity index (χ2v) is 6.04. The molecule has 1 aliphatic rings. The summed E-state index contributed by atoms with van der Waals surface area (Å²) in [7, 11) is 0. The van der Waals surface area contributed by atoms with E-state index in [0.29, 0.717) is 6.42 Å². The van der Waals surface area contributed by atoms with Crippen molar-refractivity contribution < 1.29 is 9.90 Å². The lowest BCUT2D eigenvalue weighted by Crippen LogP contribution is -2.52. The molecule has 0 fully saturated rings. The molecule has 0 saturated carbocycles. The standard InChI is InChI=1S/C16H20N2O2/c1-4-9-6-5-7-10-11-8-12(15(19)20)18-16(2,3)14(11)17-13(9)10/h5-7,12,17-18H,4,8H2,1-3H3,(H,19,20). The van der Waals surface area contributed by atoms with Gasteiger partial charge in [-0.15, -0.1) is 0 Å². The molecule has 1 aliphatic heterocycles. The van der Waals surface area contributed by atoms with Crippen molar-refractivity contribution in [2.75, 3.05) is 0 Å². The summed E-state index contributed by atoms with van der Waals surface area (Å²) in [6.45, 7) is 6.20. The molecule has 1 aromatic heterocycles. The third kappa shape index (κ3) is 1.83. The van der Waals surface area contributed by atoms with Crippen molar-refractivity contribution >= 4 is 16.9 Å². The Bertz CT molecular complexity index is 685. The first-order chi connectivity index (χ1) is 9.44. The minimum atomic E-state index is -0.787. The number of benzene rings is 1. The second-order valence-electron chi connectivity index (χ2n) is 6.04. The molecule has 0 saturated heterocycles. The third-order valence-corrected chi connectivity index (χ3v) is 4.27. The maximum Gasteiger partial charge on any atom is 0.321 e. The molecule has 1 atom stereocenters. The number of carboxylic acid groups (broad SMARTS) is 1. The fourth-order valence-electron chi connectivity index (χ4n) is 3.29. The molecule has 0 radical (unpaired) electrons. The lowest BCUT2D eigenvalue weighted by molar-refractivity contribution is -0.140. The van der Waals surface area contributed by atoms with Crippen molar-refractivity contribution in [3.8, 4) is 0 Å². The van der Waals surface area contributed by atoms with Gasteiger partial charge < -0.3 is 10.1 Å². The molecule has 0 amide bonds. The van der Waals surface area contributed by atoms with Crippen molar-refractivity contribution in [2.24, 2.45) is 0 Å². The van der Waals surface area contributed by atoms with Crippen LogP contribution in [0.1, 0.15) is 37.6 Å². The summed E-state index contributed by atoms with van der Waals surface area (Å²) in [6, 6.07) is 5.74. The number of hydrogen-bond donors (Lipinski definition) is 3. The maximum absolute atomic E-state index is 11.4. The molecule has 4 heteroatoms. The smallest absolute Gasteiger partial charge is 0.321 e. The van der Waals surface area contributed by atoms with Gasteiger partial charge in [0, 0.05) is 23.0 Å². The molecular weight excluding hydrogens is 252 g/mol. The summed E-state index contributed by atoms with van der Waals surface area (Å²) in [5.41, 5.74) is 4.33. The number of rotatable bonds is 2. The van der Waals surface area contributed by atoms with E-state index in [1.807, 2.05) is 13.8 Å². The number of aryl methyl sites for hydroxylation is 1. The van der Waals surface area contributed by atoms with Gasteiger partial charge in [-0.1, -0.05) is 25.1 Å². The SMILES string of the molecule is CCc1cccc2c3c([nH]c12)C(C)(C)NC(C(=O)O)C3. The number of H-pyrrole nitrogens is 1. The molecular formula is C16H20N2O2. The van der Waals surface area contributed by atoms with Gasteiger partial charge in [0.25, 0.3) is 0 Å². The van der Waals surface area contributed by atoms with Crippen LogP contribution in [0.25, 0.3) is 10.9 Å². The quantitative estimate of drug-likeness (QED) is 0.787. The largest absolute Gasteiger partial charge is 0.480 e. The Balaban J connectivity index is 2.25. The first kappa shape index (κ1) is 13.2. The van der Waals surface area contributed by atoms with E-state index in [9.17, 15) is 9.90 Å². The fraction of sp³-hybridized carbons (Fsp3) is 0.438. The Labute approximate surface area is 118 Å². The van der Waals surface area contributed by atoms with Gasteiger partial charge in [-0.25, -0.2) is 0 Å². The molecule has 1 aromatic carbocycles. The van der Waals surface area contributed by atoms with E-state index in [1.54, 1.807) is 0 Å². The van der Waals surface area contributed by atoms with Gasteiger partial charge in [0.05, 0.1) is 5.54 Å². The fourth-order valence-corrected chi connectivity index (χ4v) is 3.29. The monoisotopic (exact) mass is 272 g/mol. The van der Waals surface area contributed by atoms with Gasteiger partial charge in [-0.05, 0) is 31.4 Å². The number of aromatic nitrogens is 1. The zero-order valence-corrected chi connectivity index (χ0v) is 12.1. The predicted molar refractivity (Wildman–Crippen MR) is 79.0 cm³/mol. The van der Waals surface area contributed by atoms with Crippen molar-refractivity contribution in [1.82, 2.24) is 10.3 Å². The van der Waals surface area contributed by atoms with Crippen LogP contribution in [0.5, 0.6) is 0 Å². The van der Waals surface area contributed by atoms with Gasteiger partial charge in [0.15, 0.2) is 0 Å². The molecule has 4 nitrogen and oxygen atoms in total. The van der Waals surface area contributed by atoms with Crippen LogP contribution in [0.2, 0.25) is 0 Å². The topological polar surface area (TPSA) is 65.1 Å². The summed E-state index contributed by atoms with van der Waals surface area (Å²) >= 11 is 0. The van der Waals surface area contributed by atoms with E-state index in [0.717, 1.165) is 23.2 Å². The number of carbonyl (C=O) groups is 1. The van der Waals surface area contributed by atoms with E-state index in [1.165, 1.54) is 10.9 Å². The van der Waals surface area contributed by atoms with E-state index in [4.69, 9.17) is 0 Å². The summed E-state index contributed by atoms with van der Waals surface area (Å²) in [5, 5.41) is 13.7. The Hall–Kier alpha value is -1.81. The minimum absolute atomic E-state index is 0.360. The highest BCUT2D eigenvalue weighted by Crippen LogP contribution is 2.36. The van der Waals surface area contributed by atoms with Crippen molar-refractivity contribution in [2.45, 2.75) is 45.2 Å². The highest BCUT2D eigenvalue weighted by molar-refractivity contribution is 5.89. The maximum atomic E-state index is 11.4. The van der Waals surface area contributed by atoms with Gasteiger partial charge in [0.1, 0.15) is 6.04 Å². The first-order valence-electron chi connectivity index (χ1n) is 7.07. The van der Waals surface area contributed by atoms with Gasteiger partial charge in [-0.2, -0.15) is 0 Å². The van der Waals surface area contributed by atoms with E-state index < -0.39 is 12.0 Å². The van der Waals surface area contributed by atoms with Crippen LogP contribution < -0.4 is 5.32 Å². The zero-order valence-electron chi connectivity index (χ0n) is 12.1. The average molecular weight is 272 g/mol. The molecule has 106 valence electrons. The van der Waals surface area contributed by atoms with Gasteiger partial charge >= 0.3 is 5.97 Å². The average Bonchev–Trinajstić information content (AvgIpc) is 2.78. The number of aromatic amines is 1. The number of fused-ring (bicyclic) bond motifs is 3. The highest BCUT2D eigenvalue weighted by Gasteiger charge is 2.37. The molecule has 2 heterocycles. The zero-order chi connectivity index (χ0) is 14.5. The third-order valence-electron chi connectivity index (χ3n) is 4.27. The van der Waals surface area contributed by atoms with Crippen LogP contribution >= 0.6 is 0 Å². The lowest BCUT2D eigenvalue weighted by atomic mass is 9.86. The van der Waals surface area contributed by atoms with Crippen molar-refractivity contribution in [1.29, 1.82) is 0 Å². The van der Waals surface area contributed by atoms with Crippen LogP contribution in [0, 0.1) is 0 Å². The second kappa shape index (κ2) is 4.35. The summed E-state index contributed by atoms with van der Waals surface area (Å²) in [6.07, 6.45) is 1.49. The highest BCUT2D eigenvalue weighted by atomic mass is 16.4. The lowest BCUT2D eigenvalue weighted by Gasteiger charge is -2.35. The Kier molecular flexibility index (Phi) is 2.87. The Morgan fingerprint density at radius 2 is 2.20 bits per heavy atom. The van der Waals surface area contributed by atoms with Crippen LogP contribution in [0.4, 0.5) is 0 Å². The normalized spacial score (nSPS) is 20.9. The number of carboxylic acids is 1. The first-order valence-corrected chi connectivity index (χ1v) is 7.07. The molecule has 1 unspecified atom stereocenters. The van der Waals surface area contributed by atoms with Crippen LogP contribution in [0.15, 0.2) is 18.2 Å². The van der Waals surface area contributed by atoms with Crippen LogP contribution in [-0.2, 0) is 23.2 Å². The number of hydrogen-bond acceptors (Lipinski definition) is 2. The molecule has 0 spiro atoms. The van der Waals surface area contributed by atoms with E-state index >= 15 is 0 Å². The predicted octanol–water partition coefficient (Wildman–Crippen LogP) is 2.56. The van der Waals surface area contributed by atoms with E-state index in [2.05, 4.69) is 35.4 Å². The minimum Gasteiger partial charge on any atom is -0.480 e. The Morgan fingerprint density at radius 1 is 1.45 bits per heavy atom. The summed E-state index contributed by atoms with van der Waals surface area (Å²) in [5.74, 6) is -0.787. The van der Waals surface area contributed by atoms with E-state index in [-0.39, 0.29) is 5.54 Å².